The van der Waals surface area contributed by atoms with Crippen molar-refractivity contribution in [3.8, 4) is 22.3 Å². The van der Waals surface area contributed by atoms with Crippen LogP contribution in [0.4, 0.5) is 4.39 Å². The average Bonchev–Trinajstić information content (AvgIpc) is 2.92. The second-order valence-corrected chi connectivity index (χ2v) is 11.3. The summed E-state index contributed by atoms with van der Waals surface area (Å²) in [6.07, 6.45) is 2.18. The van der Waals surface area contributed by atoms with Gasteiger partial charge < -0.3 is 4.74 Å². The summed E-state index contributed by atoms with van der Waals surface area (Å²) in [6.45, 7) is 9.13. The van der Waals surface area contributed by atoms with E-state index in [1.165, 1.54) is 23.3 Å². The Balaban J connectivity index is 1.55. The Morgan fingerprint density at radius 3 is 1.53 bits per heavy atom. The van der Waals surface area contributed by atoms with Crippen molar-refractivity contribution in [2.45, 2.75) is 51.4 Å². The monoisotopic (exact) mass is 506 g/mol. The largest absolute Gasteiger partial charge is 0.386 e. The van der Waals surface area contributed by atoms with Crippen molar-refractivity contribution in [2.75, 3.05) is 0 Å². The van der Waals surface area contributed by atoms with E-state index < -0.39 is 11.9 Å². The smallest absolute Gasteiger partial charge is 0.346 e. The van der Waals surface area contributed by atoms with Crippen molar-refractivity contribution in [3.63, 3.8) is 0 Å². The Morgan fingerprint density at radius 1 is 0.632 bits per heavy atom. The summed E-state index contributed by atoms with van der Waals surface area (Å²) in [5.74, 6) is -1.65. The van der Waals surface area contributed by atoms with E-state index >= 15 is 0 Å². The maximum Gasteiger partial charge on any atom is 0.346 e. The second-order valence-electron chi connectivity index (χ2n) is 11.3. The van der Waals surface area contributed by atoms with Crippen LogP contribution >= 0.6 is 0 Å². The molecule has 0 unspecified atom stereocenters. The first-order chi connectivity index (χ1) is 18.0. The van der Waals surface area contributed by atoms with Crippen LogP contribution in [0.1, 0.15) is 72.4 Å². The predicted molar refractivity (Wildman–Crippen MR) is 149 cm³/mol. The van der Waals surface area contributed by atoms with Gasteiger partial charge in [0.25, 0.3) is 0 Å². The Bertz CT molecular complexity index is 1500. The Kier molecular flexibility index (Phi) is 6.52. The van der Waals surface area contributed by atoms with E-state index in [1.807, 2.05) is 24.3 Å². The van der Waals surface area contributed by atoms with E-state index in [0.717, 1.165) is 35.1 Å². The van der Waals surface area contributed by atoms with Gasteiger partial charge in [-0.1, -0.05) is 70.2 Å². The van der Waals surface area contributed by atoms with Crippen LogP contribution in [0.5, 0.6) is 0 Å². The molecular formula is C34H31FO3. The zero-order valence-electron chi connectivity index (χ0n) is 22.2. The van der Waals surface area contributed by atoms with Crippen LogP contribution < -0.4 is 0 Å². The third kappa shape index (κ3) is 4.91. The van der Waals surface area contributed by atoms with Crippen LogP contribution in [0, 0.1) is 5.82 Å². The Labute approximate surface area is 223 Å². The second kappa shape index (κ2) is 9.68. The first-order valence-corrected chi connectivity index (χ1v) is 12.9. The molecule has 4 heteroatoms. The van der Waals surface area contributed by atoms with E-state index in [2.05, 4.69) is 39.8 Å². The van der Waals surface area contributed by atoms with E-state index in [-0.39, 0.29) is 16.6 Å². The zero-order valence-corrected chi connectivity index (χ0v) is 22.2. The number of carbonyl (C=O) groups excluding carboxylic acids is 2. The predicted octanol–water partition coefficient (Wildman–Crippen LogP) is 8.51. The lowest BCUT2D eigenvalue weighted by Gasteiger charge is -2.42. The van der Waals surface area contributed by atoms with E-state index in [9.17, 15) is 14.0 Å². The van der Waals surface area contributed by atoms with Crippen LogP contribution in [-0.4, -0.2) is 11.9 Å². The van der Waals surface area contributed by atoms with E-state index in [1.54, 1.807) is 42.5 Å². The highest BCUT2D eigenvalue weighted by molar-refractivity contribution is 6.02. The minimum atomic E-state index is -0.697. The molecule has 0 fully saturated rings. The maximum atomic E-state index is 13.8. The normalized spacial score (nSPS) is 15.4. The molecule has 38 heavy (non-hydrogen) atoms. The Hall–Kier alpha value is -4.05. The van der Waals surface area contributed by atoms with Gasteiger partial charge >= 0.3 is 11.9 Å². The van der Waals surface area contributed by atoms with Crippen molar-refractivity contribution in [1.29, 1.82) is 0 Å². The summed E-state index contributed by atoms with van der Waals surface area (Å²) in [5, 5.41) is 0. The van der Waals surface area contributed by atoms with Crippen molar-refractivity contribution < 1.29 is 18.7 Å². The highest BCUT2D eigenvalue weighted by atomic mass is 19.1. The molecule has 0 aromatic heterocycles. The molecule has 0 atom stereocenters. The molecule has 0 bridgehead atoms. The van der Waals surface area contributed by atoms with Crippen LogP contribution in [0.3, 0.4) is 0 Å². The molecule has 1 aliphatic carbocycles. The first kappa shape index (κ1) is 25.6. The number of hydrogen-bond donors (Lipinski definition) is 0. The van der Waals surface area contributed by atoms with Gasteiger partial charge in [0.05, 0.1) is 11.1 Å². The average molecular weight is 507 g/mol. The minimum absolute atomic E-state index is 0.0163. The number of esters is 2. The van der Waals surface area contributed by atoms with Gasteiger partial charge in [-0.25, -0.2) is 14.0 Å². The van der Waals surface area contributed by atoms with Gasteiger partial charge in [-0.15, -0.1) is 0 Å². The number of ether oxygens (including phenoxy) is 1. The van der Waals surface area contributed by atoms with Crippen molar-refractivity contribution in [3.05, 3.63) is 119 Å². The molecule has 0 radical (unpaired) electrons. The molecule has 0 N–H and O–H groups in total. The molecule has 3 nitrogen and oxygen atoms in total. The number of halogens is 1. The zero-order chi connectivity index (χ0) is 27.1. The van der Waals surface area contributed by atoms with Gasteiger partial charge in [0, 0.05) is 0 Å². The number of benzene rings is 4. The van der Waals surface area contributed by atoms with E-state index in [4.69, 9.17) is 4.74 Å². The number of fused-ring (bicyclic) bond motifs is 1. The molecule has 192 valence electrons. The van der Waals surface area contributed by atoms with Gasteiger partial charge in [0.2, 0.25) is 0 Å². The highest BCUT2D eigenvalue weighted by Crippen LogP contribution is 2.49. The van der Waals surface area contributed by atoms with Crippen molar-refractivity contribution >= 4 is 11.9 Å². The van der Waals surface area contributed by atoms with Crippen molar-refractivity contribution in [1.82, 2.24) is 0 Å². The molecular weight excluding hydrogens is 475 g/mol. The van der Waals surface area contributed by atoms with Crippen LogP contribution in [0.2, 0.25) is 0 Å². The molecule has 0 saturated carbocycles. The van der Waals surface area contributed by atoms with Gasteiger partial charge in [0.15, 0.2) is 0 Å². The molecule has 1 aliphatic rings. The minimum Gasteiger partial charge on any atom is -0.386 e. The summed E-state index contributed by atoms with van der Waals surface area (Å²) < 4.78 is 18.9. The first-order valence-electron chi connectivity index (χ1n) is 12.9. The molecule has 4 aromatic rings. The summed E-state index contributed by atoms with van der Waals surface area (Å²) in [7, 11) is 0. The van der Waals surface area contributed by atoms with Crippen molar-refractivity contribution in [2.24, 2.45) is 0 Å². The van der Waals surface area contributed by atoms with Crippen LogP contribution in [0.15, 0.2) is 91.0 Å². The topological polar surface area (TPSA) is 43.4 Å². The van der Waals surface area contributed by atoms with Crippen LogP contribution in [-0.2, 0) is 15.6 Å². The van der Waals surface area contributed by atoms with Gasteiger partial charge in [0.1, 0.15) is 5.82 Å². The molecule has 0 saturated heterocycles. The molecule has 0 amide bonds. The third-order valence-electron chi connectivity index (χ3n) is 7.77. The summed E-state index contributed by atoms with van der Waals surface area (Å²) in [4.78, 5) is 25.0. The summed E-state index contributed by atoms with van der Waals surface area (Å²) >= 11 is 0. The summed E-state index contributed by atoms with van der Waals surface area (Å²) in [6, 6.07) is 26.7. The Morgan fingerprint density at radius 2 is 1.05 bits per heavy atom. The van der Waals surface area contributed by atoms with Gasteiger partial charge in [-0.3, -0.25) is 0 Å². The fourth-order valence-electron chi connectivity index (χ4n) is 5.28. The molecule has 0 spiro atoms. The fourth-order valence-corrected chi connectivity index (χ4v) is 5.28. The lowest BCUT2D eigenvalue weighted by atomic mass is 9.62. The van der Waals surface area contributed by atoms with E-state index in [0.29, 0.717) is 11.1 Å². The van der Waals surface area contributed by atoms with Gasteiger partial charge in [-0.05, 0) is 106 Å². The highest BCUT2D eigenvalue weighted by Gasteiger charge is 2.38. The summed E-state index contributed by atoms with van der Waals surface area (Å²) in [5.41, 5.74) is 7.17. The fraction of sp³-hybridized carbons (Fsp3) is 0.235. The maximum absolute atomic E-state index is 13.8. The molecule has 0 aliphatic heterocycles. The SMILES string of the molecule is CC1(C)CCC(C)(C)c2cc(-c3ccc(C(=O)OC(=O)c4ccccc4)cc3)c(-c3ccc(F)cc3)cc21. The number of carbonyl (C=O) groups is 2. The standard InChI is InChI=1S/C34H31FO3/c1-33(2)18-19-34(3,4)30-21-28(23-14-16-26(35)17-15-23)27(20-29(30)33)22-10-12-25(13-11-22)32(37)38-31(36)24-8-6-5-7-9-24/h5-17,20-21H,18-19H2,1-4H3. The van der Waals surface area contributed by atoms with Crippen LogP contribution in [0.25, 0.3) is 22.3 Å². The quantitative estimate of drug-likeness (QED) is 0.206. The lowest BCUT2D eigenvalue weighted by molar-refractivity contribution is 0.0398. The molecule has 0 heterocycles. The third-order valence-corrected chi connectivity index (χ3v) is 7.77. The lowest BCUT2D eigenvalue weighted by Crippen LogP contribution is -2.34. The number of hydrogen-bond acceptors (Lipinski definition) is 3. The van der Waals surface area contributed by atoms with Gasteiger partial charge in [-0.2, -0.15) is 0 Å². The number of rotatable bonds is 4. The molecule has 4 aromatic carbocycles. The molecule has 5 rings (SSSR count).